The van der Waals surface area contributed by atoms with Gasteiger partial charge in [0.1, 0.15) is 5.82 Å². The fourth-order valence-electron chi connectivity index (χ4n) is 1.74. The topological polar surface area (TPSA) is 17.1 Å². The van der Waals surface area contributed by atoms with E-state index in [2.05, 4.69) is 0 Å². The third-order valence-corrected chi connectivity index (χ3v) is 2.71. The Hall–Kier alpha value is -1.70. The SMILES string of the molecule is [2H]C([2H])([2H])C1(c2ccc(F)cc2)C=CC=C(C)C1=O. The van der Waals surface area contributed by atoms with Crippen LogP contribution in [-0.2, 0) is 10.2 Å². The molecule has 1 aliphatic carbocycles. The molecule has 1 unspecified atom stereocenters. The Morgan fingerprint density at radius 3 is 2.62 bits per heavy atom. The van der Waals surface area contributed by atoms with Crippen LogP contribution in [-0.4, -0.2) is 5.78 Å². The summed E-state index contributed by atoms with van der Waals surface area (Å²) in [6.45, 7) is -0.955. The molecule has 0 spiro atoms. The highest BCUT2D eigenvalue weighted by molar-refractivity contribution is 6.05. The predicted molar refractivity (Wildman–Crippen MR) is 61.7 cm³/mol. The molecule has 0 saturated heterocycles. The minimum atomic E-state index is -2.53. The number of allylic oxidation sites excluding steroid dienone is 4. The fourth-order valence-corrected chi connectivity index (χ4v) is 1.74. The first-order chi connectivity index (χ1) is 8.79. The van der Waals surface area contributed by atoms with Crippen molar-refractivity contribution in [2.24, 2.45) is 0 Å². The summed E-state index contributed by atoms with van der Waals surface area (Å²) < 4.78 is 36.2. The Balaban J connectivity index is 2.67. The highest BCUT2D eigenvalue weighted by atomic mass is 19.1. The van der Waals surface area contributed by atoms with Gasteiger partial charge < -0.3 is 0 Å². The first-order valence-corrected chi connectivity index (χ1v) is 4.96. The van der Waals surface area contributed by atoms with E-state index in [0.29, 0.717) is 5.57 Å². The van der Waals surface area contributed by atoms with Crippen LogP contribution in [0.4, 0.5) is 4.39 Å². The average Bonchev–Trinajstić information content (AvgIpc) is 2.32. The lowest BCUT2D eigenvalue weighted by molar-refractivity contribution is -0.118. The molecule has 2 rings (SSSR count). The van der Waals surface area contributed by atoms with Gasteiger partial charge in [-0.05, 0) is 37.0 Å². The molecule has 2 heteroatoms. The third-order valence-electron chi connectivity index (χ3n) is 2.71. The second-order valence-corrected chi connectivity index (χ2v) is 3.85. The van der Waals surface area contributed by atoms with Gasteiger partial charge in [0.15, 0.2) is 5.78 Å². The van der Waals surface area contributed by atoms with Crippen LogP contribution in [0.25, 0.3) is 0 Å². The molecule has 0 saturated carbocycles. The lowest BCUT2D eigenvalue weighted by Crippen LogP contribution is -2.32. The Kier molecular flexibility index (Phi) is 1.75. The van der Waals surface area contributed by atoms with E-state index in [1.54, 1.807) is 19.1 Å². The summed E-state index contributed by atoms with van der Waals surface area (Å²) in [6, 6.07) is 5.03. The van der Waals surface area contributed by atoms with Crippen molar-refractivity contribution in [3.8, 4) is 0 Å². The third kappa shape index (κ3) is 1.60. The van der Waals surface area contributed by atoms with Gasteiger partial charge in [0.05, 0.1) is 5.41 Å². The van der Waals surface area contributed by atoms with E-state index in [4.69, 9.17) is 4.11 Å². The molecule has 0 bridgehead atoms. The lowest BCUT2D eigenvalue weighted by atomic mass is 9.74. The van der Waals surface area contributed by atoms with Crippen molar-refractivity contribution in [3.05, 3.63) is 59.4 Å². The Morgan fingerprint density at radius 1 is 1.31 bits per heavy atom. The summed E-state index contributed by atoms with van der Waals surface area (Å²) in [5.74, 6) is -0.939. The molecule has 1 aromatic carbocycles. The van der Waals surface area contributed by atoms with Gasteiger partial charge in [0.25, 0.3) is 0 Å². The molecule has 82 valence electrons. The van der Waals surface area contributed by atoms with Crippen molar-refractivity contribution < 1.29 is 13.3 Å². The highest BCUT2D eigenvalue weighted by Gasteiger charge is 2.34. The largest absolute Gasteiger partial charge is 0.293 e. The normalized spacial score (nSPS) is 28.0. The second kappa shape index (κ2) is 3.71. The fraction of sp³-hybridized carbons (Fsp3) is 0.214. The molecule has 0 fully saturated rings. The van der Waals surface area contributed by atoms with Crippen LogP contribution < -0.4 is 0 Å². The lowest BCUT2D eigenvalue weighted by Gasteiger charge is -2.27. The maximum Gasteiger partial charge on any atom is 0.172 e. The van der Waals surface area contributed by atoms with Crippen LogP contribution in [0.15, 0.2) is 48.1 Å². The summed E-state index contributed by atoms with van der Waals surface area (Å²) >= 11 is 0. The van der Waals surface area contributed by atoms with E-state index in [9.17, 15) is 9.18 Å². The molecule has 1 aromatic rings. The number of rotatable bonds is 1. The van der Waals surface area contributed by atoms with Crippen molar-refractivity contribution in [1.29, 1.82) is 0 Å². The molecule has 0 aliphatic heterocycles. The zero-order valence-corrected chi connectivity index (χ0v) is 8.83. The van der Waals surface area contributed by atoms with Crippen LogP contribution >= 0.6 is 0 Å². The van der Waals surface area contributed by atoms with E-state index >= 15 is 0 Å². The zero-order valence-electron chi connectivity index (χ0n) is 11.8. The Morgan fingerprint density at radius 2 is 2.00 bits per heavy atom. The van der Waals surface area contributed by atoms with Crippen molar-refractivity contribution in [2.75, 3.05) is 0 Å². The number of halogens is 1. The van der Waals surface area contributed by atoms with Gasteiger partial charge in [-0.2, -0.15) is 0 Å². The van der Waals surface area contributed by atoms with E-state index in [-0.39, 0.29) is 5.56 Å². The maximum absolute atomic E-state index is 13.0. The van der Waals surface area contributed by atoms with Crippen LogP contribution in [0.3, 0.4) is 0 Å². The highest BCUT2D eigenvalue weighted by Crippen LogP contribution is 2.32. The van der Waals surface area contributed by atoms with Gasteiger partial charge in [-0.3, -0.25) is 4.79 Å². The molecule has 1 nitrogen and oxygen atoms in total. The predicted octanol–water partition coefficient (Wildman–Crippen LogP) is 3.17. The second-order valence-electron chi connectivity index (χ2n) is 3.85. The van der Waals surface area contributed by atoms with E-state index < -0.39 is 23.9 Å². The molecule has 0 aromatic heterocycles. The van der Waals surface area contributed by atoms with E-state index in [1.165, 1.54) is 18.2 Å². The monoisotopic (exact) mass is 219 g/mol. The van der Waals surface area contributed by atoms with Crippen LogP contribution in [0.1, 0.15) is 23.5 Å². The molecule has 0 N–H and O–H groups in total. The van der Waals surface area contributed by atoms with Crippen LogP contribution in [0.5, 0.6) is 0 Å². The number of carbonyl (C=O) groups excluding carboxylic acids is 1. The molecule has 1 aliphatic rings. The van der Waals surface area contributed by atoms with Gasteiger partial charge in [0.2, 0.25) is 0 Å². The Bertz CT molecular complexity index is 569. The first-order valence-electron chi connectivity index (χ1n) is 6.46. The molecular formula is C14H13FO. The average molecular weight is 219 g/mol. The number of carbonyl (C=O) groups is 1. The number of ketones is 1. The van der Waals surface area contributed by atoms with Crippen molar-refractivity contribution in [1.82, 2.24) is 0 Å². The molecule has 0 heterocycles. The summed E-state index contributed by atoms with van der Waals surface area (Å²) in [5, 5.41) is 0. The van der Waals surface area contributed by atoms with Crippen molar-refractivity contribution in [3.63, 3.8) is 0 Å². The zero-order chi connectivity index (χ0) is 14.3. The number of Topliss-reactive ketones (excluding diaryl/α,β-unsaturated/α-hetero) is 1. The molecule has 16 heavy (non-hydrogen) atoms. The smallest absolute Gasteiger partial charge is 0.172 e. The summed E-state index contributed by atoms with van der Waals surface area (Å²) in [7, 11) is 0. The van der Waals surface area contributed by atoms with Crippen LogP contribution in [0, 0.1) is 5.82 Å². The molecule has 1 atom stereocenters. The standard InChI is InChI=1S/C14H13FO/c1-10-4-3-9-14(2,13(10)16)11-5-7-12(15)8-6-11/h3-9H,1-2H3/i2D3. The maximum atomic E-state index is 13.0. The van der Waals surface area contributed by atoms with E-state index in [0.717, 1.165) is 12.1 Å². The number of benzene rings is 1. The summed E-state index contributed by atoms with van der Waals surface area (Å²) in [4.78, 5) is 12.4. The quantitative estimate of drug-likeness (QED) is 0.709. The first kappa shape index (κ1) is 7.55. The van der Waals surface area contributed by atoms with Crippen molar-refractivity contribution in [2.45, 2.75) is 19.2 Å². The molecule has 0 radical (unpaired) electrons. The van der Waals surface area contributed by atoms with Gasteiger partial charge in [-0.1, -0.05) is 30.4 Å². The Labute approximate surface area is 98.5 Å². The van der Waals surface area contributed by atoms with Gasteiger partial charge in [0, 0.05) is 4.11 Å². The minimum Gasteiger partial charge on any atom is -0.293 e. The number of hydrogen-bond acceptors (Lipinski definition) is 1. The van der Waals surface area contributed by atoms with Gasteiger partial charge in [-0.15, -0.1) is 0 Å². The summed E-state index contributed by atoms with van der Waals surface area (Å²) in [5.41, 5.74) is -1.06. The molecule has 0 amide bonds. The van der Waals surface area contributed by atoms with E-state index in [1.807, 2.05) is 0 Å². The van der Waals surface area contributed by atoms with Gasteiger partial charge >= 0.3 is 0 Å². The van der Waals surface area contributed by atoms with Gasteiger partial charge in [-0.25, -0.2) is 4.39 Å². The number of hydrogen-bond donors (Lipinski definition) is 0. The minimum absolute atomic E-state index is 0.280. The van der Waals surface area contributed by atoms with Crippen molar-refractivity contribution >= 4 is 5.78 Å². The summed E-state index contributed by atoms with van der Waals surface area (Å²) in [6.07, 6.45) is 4.52. The molecular weight excluding hydrogens is 203 g/mol. The van der Waals surface area contributed by atoms with Crippen LogP contribution in [0.2, 0.25) is 0 Å².